The van der Waals surface area contributed by atoms with Crippen LogP contribution in [0.1, 0.15) is 19.9 Å². The summed E-state index contributed by atoms with van der Waals surface area (Å²) in [6.07, 6.45) is 1.62. The highest BCUT2D eigenvalue weighted by Crippen LogP contribution is 2.17. The molecule has 6 nitrogen and oxygen atoms in total. The Kier molecular flexibility index (Phi) is 4.02. The Balaban J connectivity index is 2.09. The summed E-state index contributed by atoms with van der Waals surface area (Å²) < 4.78 is 1.77. The lowest BCUT2D eigenvalue weighted by molar-refractivity contribution is -0.141. The summed E-state index contributed by atoms with van der Waals surface area (Å²) in [4.78, 5) is 27.0. The monoisotopic (exact) mass is 275 g/mol. The van der Waals surface area contributed by atoms with E-state index in [0.717, 1.165) is 11.0 Å². The molecule has 2 rings (SSSR count). The molecule has 0 bridgehead atoms. The molecular formula is C14H17N3O3. The predicted octanol–water partition coefficient (Wildman–Crippen LogP) is 1.43. The zero-order valence-corrected chi connectivity index (χ0v) is 11.4. The molecule has 0 aliphatic heterocycles. The van der Waals surface area contributed by atoms with Gasteiger partial charge in [0.15, 0.2) is 0 Å². The van der Waals surface area contributed by atoms with Gasteiger partial charge in [0.25, 0.3) is 0 Å². The zero-order chi connectivity index (χ0) is 14.7. The van der Waals surface area contributed by atoms with Crippen LogP contribution in [0.5, 0.6) is 0 Å². The van der Waals surface area contributed by atoms with E-state index in [9.17, 15) is 9.59 Å². The van der Waals surface area contributed by atoms with Gasteiger partial charge in [0, 0.05) is 6.54 Å². The van der Waals surface area contributed by atoms with Crippen LogP contribution in [0, 0.1) is 5.92 Å². The number of nitrogens with one attached hydrogen (secondary N) is 1. The quantitative estimate of drug-likeness (QED) is 0.864. The van der Waals surface area contributed by atoms with Crippen LogP contribution in [-0.2, 0) is 9.59 Å². The Bertz CT molecular complexity index is 635. The van der Waals surface area contributed by atoms with Gasteiger partial charge in [0.1, 0.15) is 6.04 Å². The van der Waals surface area contributed by atoms with Crippen LogP contribution in [0.15, 0.2) is 30.6 Å². The number of amides is 1. The smallest absolute Gasteiger partial charge is 0.308 e. The molecule has 0 aliphatic carbocycles. The lowest BCUT2D eigenvalue weighted by Gasteiger charge is -2.15. The Hall–Kier alpha value is -2.37. The molecule has 106 valence electrons. The molecule has 1 aromatic carbocycles. The van der Waals surface area contributed by atoms with E-state index in [1.165, 1.54) is 0 Å². The molecule has 2 atom stereocenters. The zero-order valence-electron chi connectivity index (χ0n) is 11.4. The van der Waals surface area contributed by atoms with Crippen molar-refractivity contribution in [1.82, 2.24) is 14.9 Å². The summed E-state index contributed by atoms with van der Waals surface area (Å²) in [5.74, 6) is -1.75. The highest BCUT2D eigenvalue weighted by Gasteiger charge is 2.19. The molecular weight excluding hydrogens is 258 g/mol. The fourth-order valence-electron chi connectivity index (χ4n) is 1.90. The first-order chi connectivity index (χ1) is 9.50. The normalized spacial score (nSPS) is 13.9. The maximum absolute atomic E-state index is 12.1. The van der Waals surface area contributed by atoms with Crippen molar-refractivity contribution in [2.75, 3.05) is 6.54 Å². The summed E-state index contributed by atoms with van der Waals surface area (Å²) >= 11 is 0. The van der Waals surface area contributed by atoms with Crippen molar-refractivity contribution in [3.05, 3.63) is 30.6 Å². The number of carboxylic acid groups (broad SMARTS) is 1. The fourth-order valence-corrected chi connectivity index (χ4v) is 1.90. The second kappa shape index (κ2) is 5.73. The predicted molar refractivity (Wildman–Crippen MR) is 74.3 cm³/mol. The van der Waals surface area contributed by atoms with Gasteiger partial charge in [-0.2, -0.15) is 0 Å². The van der Waals surface area contributed by atoms with Crippen molar-refractivity contribution in [2.45, 2.75) is 19.9 Å². The van der Waals surface area contributed by atoms with Gasteiger partial charge < -0.3 is 15.0 Å². The van der Waals surface area contributed by atoms with Gasteiger partial charge in [0.05, 0.1) is 23.3 Å². The number of aliphatic carboxylic acids is 1. The number of carbonyl (C=O) groups is 2. The van der Waals surface area contributed by atoms with Crippen molar-refractivity contribution in [2.24, 2.45) is 5.92 Å². The molecule has 0 saturated carbocycles. The van der Waals surface area contributed by atoms with Gasteiger partial charge in [-0.15, -0.1) is 0 Å². The summed E-state index contributed by atoms with van der Waals surface area (Å²) in [5.41, 5.74) is 1.70. The summed E-state index contributed by atoms with van der Waals surface area (Å²) in [6.45, 7) is 3.43. The number of hydrogen-bond donors (Lipinski definition) is 2. The molecule has 0 spiro atoms. The number of carboxylic acids is 1. The van der Waals surface area contributed by atoms with E-state index < -0.39 is 17.9 Å². The second-order valence-electron chi connectivity index (χ2n) is 4.80. The average molecular weight is 275 g/mol. The number of aromatic nitrogens is 2. The largest absolute Gasteiger partial charge is 0.481 e. The molecule has 20 heavy (non-hydrogen) atoms. The minimum Gasteiger partial charge on any atom is -0.481 e. The maximum Gasteiger partial charge on any atom is 0.308 e. The first-order valence-electron chi connectivity index (χ1n) is 6.42. The molecule has 1 heterocycles. The topological polar surface area (TPSA) is 84.2 Å². The number of hydrogen-bond acceptors (Lipinski definition) is 3. The lowest BCUT2D eigenvalue weighted by Crippen LogP contribution is -2.35. The van der Waals surface area contributed by atoms with E-state index in [2.05, 4.69) is 10.3 Å². The molecule has 2 aromatic rings. The lowest BCUT2D eigenvalue weighted by atomic mass is 10.2. The van der Waals surface area contributed by atoms with Gasteiger partial charge in [0.2, 0.25) is 5.91 Å². The minimum absolute atomic E-state index is 0.116. The van der Waals surface area contributed by atoms with Gasteiger partial charge >= 0.3 is 5.97 Å². The van der Waals surface area contributed by atoms with Crippen LogP contribution in [0.4, 0.5) is 0 Å². The van der Waals surface area contributed by atoms with Crippen LogP contribution in [0.25, 0.3) is 11.0 Å². The average Bonchev–Trinajstić information content (AvgIpc) is 2.87. The van der Waals surface area contributed by atoms with Gasteiger partial charge in [-0.05, 0) is 19.1 Å². The third-order valence-electron chi connectivity index (χ3n) is 3.28. The van der Waals surface area contributed by atoms with E-state index in [1.54, 1.807) is 24.7 Å². The van der Waals surface area contributed by atoms with Crippen molar-refractivity contribution < 1.29 is 14.7 Å². The number of carbonyl (C=O) groups excluding carboxylic acids is 1. The number of fused-ring (bicyclic) bond motifs is 1. The molecule has 2 unspecified atom stereocenters. The number of nitrogens with zero attached hydrogens (tertiary/aromatic N) is 2. The van der Waals surface area contributed by atoms with Gasteiger partial charge in [-0.1, -0.05) is 19.1 Å². The third kappa shape index (κ3) is 2.79. The minimum atomic E-state index is -0.925. The molecule has 0 aliphatic rings. The molecule has 1 aromatic heterocycles. The Labute approximate surface area is 116 Å². The fraction of sp³-hybridized carbons (Fsp3) is 0.357. The number of imidazole rings is 1. The van der Waals surface area contributed by atoms with Crippen molar-refractivity contribution in [3.8, 4) is 0 Å². The Morgan fingerprint density at radius 3 is 2.75 bits per heavy atom. The van der Waals surface area contributed by atoms with Crippen molar-refractivity contribution in [3.63, 3.8) is 0 Å². The number of rotatable bonds is 5. The van der Waals surface area contributed by atoms with E-state index in [1.807, 2.05) is 24.3 Å². The number of benzene rings is 1. The molecule has 0 saturated heterocycles. The maximum atomic E-state index is 12.1. The highest BCUT2D eigenvalue weighted by molar-refractivity contribution is 5.84. The highest BCUT2D eigenvalue weighted by atomic mass is 16.4. The molecule has 0 radical (unpaired) electrons. The van der Waals surface area contributed by atoms with Gasteiger partial charge in [-0.3, -0.25) is 9.59 Å². The Morgan fingerprint density at radius 1 is 1.35 bits per heavy atom. The standard InChI is InChI=1S/C14H17N3O3/c1-9(14(19)20)7-15-13(18)10(2)17-8-16-11-5-3-4-6-12(11)17/h3-6,8-10H,7H2,1-2H3,(H,15,18)(H,19,20). The SMILES string of the molecule is CC(CNC(=O)C(C)n1cnc2ccccc21)C(=O)O. The Morgan fingerprint density at radius 2 is 2.05 bits per heavy atom. The van der Waals surface area contributed by atoms with E-state index in [-0.39, 0.29) is 12.5 Å². The van der Waals surface area contributed by atoms with E-state index in [4.69, 9.17) is 5.11 Å². The summed E-state index contributed by atoms with van der Waals surface area (Å²) in [7, 11) is 0. The number of para-hydroxylation sites is 2. The van der Waals surface area contributed by atoms with Crippen LogP contribution in [0.2, 0.25) is 0 Å². The molecule has 0 fully saturated rings. The van der Waals surface area contributed by atoms with Crippen molar-refractivity contribution >= 4 is 22.9 Å². The van der Waals surface area contributed by atoms with Crippen LogP contribution < -0.4 is 5.32 Å². The van der Waals surface area contributed by atoms with Crippen LogP contribution in [0.3, 0.4) is 0 Å². The van der Waals surface area contributed by atoms with E-state index in [0.29, 0.717) is 0 Å². The molecule has 2 N–H and O–H groups in total. The van der Waals surface area contributed by atoms with Crippen molar-refractivity contribution in [1.29, 1.82) is 0 Å². The first-order valence-corrected chi connectivity index (χ1v) is 6.42. The first kappa shape index (κ1) is 14.0. The summed E-state index contributed by atoms with van der Waals surface area (Å²) in [6, 6.07) is 7.11. The molecule has 1 amide bonds. The summed E-state index contributed by atoms with van der Waals surface area (Å²) in [5, 5.41) is 11.4. The third-order valence-corrected chi connectivity index (χ3v) is 3.28. The van der Waals surface area contributed by atoms with Gasteiger partial charge in [-0.25, -0.2) is 4.98 Å². The van der Waals surface area contributed by atoms with Crippen LogP contribution >= 0.6 is 0 Å². The van der Waals surface area contributed by atoms with Crippen LogP contribution in [-0.4, -0.2) is 33.1 Å². The molecule has 6 heteroatoms. The van der Waals surface area contributed by atoms with E-state index >= 15 is 0 Å². The second-order valence-corrected chi connectivity index (χ2v) is 4.80.